The molecule has 0 aliphatic carbocycles. The lowest BCUT2D eigenvalue weighted by Crippen LogP contribution is -2.14. The van der Waals surface area contributed by atoms with Gasteiger partial charge in [-0.3, -0.25) is 10.1 Å². The van der Waals surface area contributed by atoms with Gasteiger partial charge in [0.25, 0.3) is 5.91 Å². The second-order valence-electron chi connectivity index (χ2n) is 2.62. The molecular formula is C8H7N5OS. The van der Waals surface area contributed by atoms with Crippen LogP contribution in [0.15, 0.2) is 24.0 Å². The molecule has 0 saturated carbocycles. The largest absolute Gasteiger partial charge is 0.382 e. The fourth-order valence-electron chi connectivity index (χ4n) is 0.902. The van der Waals surface area contributed by atoms with E-state index in [1.807, 2.05) is 0 Å². The van der Waals surface area contributed by atoms with Gasteiger partial charge < -0.3 is 5.73 Å². The lowest BCUT2D eigenvalue weighted by atomic mass is 10.4. The first-order chi connectivity index (χ1) is 7.25. The second-order valence-corrected chi connectivity index (χ2v) is 3.51. The zero-order valence-electron chi connectivity index (χ0n) is 7.54. The highest BCUT2D eigenvalue weighted by Gasteiger charge is 2.08. The van der Waals surface area contributed by atoms with E-state index < -0.39 is 0 Å². The summed E-state index contributed by atoms with van der Waals surface area (Å²) in [5.41, 5.74) is 5.56. The Kier molecular flexibility index (Phi) is 2.55. The summed E-state index contributed by atoms with van der Waals surface area (Å²) in [6.45, 7) is 0. The molecule has 0 bridgehead atoms. The Morgan fingerprint density at radius 2 is 2.20 bits per heavy atom. The number of anilines is 2. The molecule has 0 aliphatic rings. The summed E-state index contributed by atoms with van der Waals surface area (Å²) in [7, 11) is 0. The molecule has 3 N–H and O–H groups in total. The highest BCUT2D eigenvalue weighted by atomic mass is 32.1. The van der Waals surface area contributed by atoms with Crippen LogP contribution in [0.2, 0.25) is 0 Å². The number of nitrogens with zero attached hydrogens (tertiary/aromatic N) is 3. The third kappa shape index (κ3) is 2.26. The first-order valence-electron chi connectivity index (χ1n) is 4.04. The monoisotopic (exact) mass is 221 g/mol. The molecule has 76 valence electrons. The lowest BCUT2D eigenvalue weighted by molar-refractivity contribution is 0.102. The van der Waals surface area contributed by atoms with Gasteiger partial charge in [-0.25, -0.2) is 15.0 Å². The SMILES string of the molecule is Nc1cnc(C(=O)Nc2nccs2)cn1. The van der Waals surface area contributed by atoms with Gasteiger partial charge in [0.05, 0.1) is 12.4 Å². The summed E-state index contributed by atoms with van der Waals surface area (Å²) in [6.07, 6.45) is 4.25. The average molecular weight is 221 g/mol. The molecule has 0 radical (unpaired) electrons. The molecule has 0 atom stereocenters. The van der Waals surface area contributed by atoms with E-state index in [0.717, 1.165) is 0 Å². The molecule has 2 aromatic rings. The number of amides is 1. The van der Waals surface area contributed by atoms with Crippen LogP contribution in [0.4, 0.5) is 10.9 Å². The van der Waals surface area contributed by atoms with E-state index in [1.165, 1.54) is 23.7 Å². The standard InChI is InChI=1S/C8H7N5OS/c9-6-4-11-5(3-12-6)7(14)13-8-10-1-2-15-8/h1-4H,(H2,9,12)(H,10,13,14). The van der Waals surface area contributed by atoms with Crippen molar-refractivity contribution in [3.05, 3.63) is 29.7 Å². The van der Waals surface area contributed by atoms with Crippen LogP contribution in [0, 0.1) is 0 Å². The molecule has 2 heterocycles. The van der Waals surface area contributed by atoms with Crippen LogP contribution in [0.1, 0.15) is 10.5 Å². The molecule has 1 amide bonds. The van der Waals surface area contributed by atoms with Gasteiger partial charge in [-0.2, -0.15) is 0 Å². The third-order valence-electron chi connectivity index (χ3n) is 1.56. The Labute approximate surface area is 89.2 Å². The van der Waals surface area contributed by atoms with Crippen LogP contribution in [0.3, 0.4) is 0 Å². The number of hydrogen-bond donors (Lipinski definition) is 2. The number of hydrogen-bond acceptors (Lipinski definition) is 6. The first-order valence-corrected chi connectivity index (χ1v) is 4.92. The van der Waals surface area contributed by atoms with Gasteiger partial charge in [-0.05, 0) is 0 Å². The predicted octanol–water partition coefficient (Wildman–Crippen LogP) is 0.768. The smallest absolute Gasteiger partial charge is 0.277 e. The molecule has 0 aliphatic heterocycles. The van der Waals surface area contributed by atoms with Crippen LogP contribution >= 0.6 is 11.3 Å². The number of rotatable bonds is 2. The quantitative estimate of drug-likeness (QED) is 0.781. The summed E-state index contributed by atoms with van der Waals surface area (Å²) in [5, 5.41) is 4.88. The molecule has 0 fully saturated rings. The van der Waals surface area contributed by atoms with Crippen LogP contribution in [0.25, 0.3) is 0 Å². The van der Waals surface area contributed by atoms with Crippen molar-refractivity contribution >= 4 is 28.2 Å². The molecule has 15 heavy (non-hydrogen) atoms. The maximum absolute atomic E-state index is 11.5. The van der Waals surface area contributed by atoms with Crippen LogP contribution in [-0.4, -0.2) is 20.9 Å². The van der Waals surface area contributed by atoms with Crippen molar-refractivity contribution in [2.75, 3.05) is 11.1 Å². The van der Waals surface area contributed by atoms with Crippen molar-refractivity contribution in [2.45, 2.75) is 0 Å². The van der Waals surface area contributed by atoms with E-state index in [4.69, 9.17) is 5.73 Å². The fraction of sp³-hybridized carbons (Fsp3) is 0. The average Bonchev–Trinajstić information content (AvgIpc) is 2.71. The molecular weight excluding hydrogens is 214 g/mol. The summed E-state index contributed by atoms with van der Waals surface area (Å²) in [4.78, 5) is 23.1. The molecule has 0 spiro atoms. The topological polar surface area (TPSA) is 93.8 Å². The number of nitrogens with two attached hydrogens (primary N) is 1. The van der Waals surface area contributed by atoms with Crippen LogP contribution in [-0.2, 0) is 0 Å². The molecule has 0 saturated heterocycles. The molecule has 6 nitrogen and oxygen atoms in total. The number of carbonyl (C=O) groups excluding carboxylic acids is 1. The fourth-order valence-corrected chi connectivity index (χ4v) is 1.43. The number of nitrogen functional groups attached to an aromatic ring is 1. The second kappa shape index (κ2) is 4.01. The van der Waals surface area contributed by atoms with Gasteiger partial charge >= 0.3 is 0 Å². The Hall–Kier alpha value is -2.02. The number of aromatic nitrogens is 3. The molecule has 2 rings (SSSR count). The van der Waals surface area contributed by atoms with E-state index >= 15 is 0 Å². The van der Waals surface area contributed by atoms with Gasteiger partial charge in [0.1, 0.15) is 11.5 Å². The van der Waals surface area contributed by atoms with E-state index in [-0.39, 0.29) is 17.4 Å². The molecule has 7 heteroatoms. The summed E-state index contributed by atoms with van der Waals surface area (Å²) in [6, 6.07) is 0. The normalized spacial score (nSPS) is 9.87. The minimum Gasteiger partial charge on any atom is -0.382 e. The Balaban J connectivity index is 2.11. The summed E-state index contributed by atoms with van der Waals surface area (Å²) < 4.78 is 0. The van der Waals surface area contributed by atoms with E-state index in [2.05, 4.69) is 20.3 Å². The molecule has 0 unspecified atom stereocenters. The van der Waals surface area contributed by atoms with E-state index in [9.17, 15) is 4.79 Å². The zero-order valence-corrected chi connectivity index (χ0v) is 8.36. The Bertz CT molecular complexity index is 452. The number of nitrogens with one attached hydrogen (secondary N) is 1. The Morgan fingerprint density at radius 3 is 2.80 bits per heavy atom. The molecule has 0 aromatic carbocycles. The van der Waals surface area contributed by atoms with E-state index in [0.29, 0.717) is 5.13 Å². The minimum absolute atomic E-state index is 0.208. The minimum atomic E-state index is -0.350. The van der Waals surface area contributed by atoms with Gasteiger partial charge in [0.15, 0.2) is 5.13 Å². The lowest BCUT2D eigenvalue weighted by Gasteiger charge is -1.99. The van der Waals surface area contributed by atoms with Crippen molar-refractivity contribution in [2.24, 2.45) is 0 Å². The number of carbonyl (C=O) groups is 1. The summed E-state index contributed by atoms with van der Waals surface area (Å²) >= 11 is 1.33. The van der Waals surface area contributed by atoms with Crippen molar-refractivity contribution in [3.63, 3.8) is 0 Å². The van der Waals surface area contributed by atoms with Crippen molar-refractivity contribution in [3.8, 4) is 0 Å². The van der Waals surface area contributed by atoms with Crippen molar-refractivity contribution < 1.29 is 4.79 Å². The van der Waals surface area contributed by atoms with Gasteiger partial charge in [-0.1, -0.05) is 0 Å². The summed E-state index contributed by atoms with van der Waals surface area (Å²) in [5.74, 6) is -0.0711. The van der Waals surface area contributed by atoms with Crippen molar-refractivity contribution in [1.82, 2.24) is 15.0 Å². The first kappa shape index (κ1) is 9.53. The van der Waals surface area contributed by atoms with E-state index in [1.54, 1.807) is 11.6 Å². The highest BCUT2D eigenvalue weighted by molar-refractivity contribution is 7.13. The third-order valence-corrected chi connectivity index (χ3v) is 2.25. The van der Waals surface area contributed by atoms with Crippen molar-refractivity contribution in [1.29, 1.82) is 0 Å². The van der Waals surface area contributed by atoms with Gasteiger partial charge in [-0.15, -0.1) is 11.3 Å². The highest BCUT2D eigenvalue weighted by Crippen LogP contribution is 2.11. The van der Waals surface area contributed by atoms with Crippen LogP contribution < -0.4 is 11.1 Å². The van der Waals surface area contributed by atoms with Crippen LogP contribution in [0.5, 0.6) is 0 Å². The maximum atomic E-state index is 11.5. The molecule has 2 aromatic heterocycles. The van der Waals surface area contributed by atoms with Gasteiger partial charge in [0.2, 0.25) is 0 Å². The number of thiazole rings is 1. The Morgan fingerprint density at radius 1 is 1.33 bits per heavy atom. The maximum Gasteiger partial charge on any atom is 0.277 e. The van der Waals surface area contributed by atoms with Gasteiger partial charge in [0, 0.05) is 11.6 Å². The predicted molar refractivity (Wildman–Crippen MR) is 56.5 cm³/mol. The zero-order chi connectivity index (χ0) is 10.7.